The fraction of sp³-hybridized carbons (Fsp3) is 0.256. The number of phenolic OH excluding ortho intramolecular Hbond substituents is 2. The normalized spacial score (nSPS) is 11.2. The second kappa shape index (κ2) is 17.9. The molecular weight excluding hydrogens is 782 g/mol. The first-order valence-electron chi connectivity index (χ1n) is 18.5. The van der Waals surface area contributed by atoms with E-state index in [4.69, 9.17) is 0 Å². The minimum Gasteiger partial charge on any atom is -0.503 e. The zero-order valence-electron chi connectivity index (χ0n) is 32.6. The van der Waals surface area contributed by atoms with Crippen molar-refractivity contribution < 1.29 is 55.7 Å². The van der Waals surface area contributed by atoms with E-state index >= 15 is 0 Å². The molecular formula is C43H40F6N4O6. The Morgan fingerprint density at radius 3 is 1.47 bits per heavy atom. The first-order valence-corrected chi connectivity index (χ1v) is 18.5. The fourth-order valence-electron chi connectivity index (χ4n) is 6.73. The number of rotatable bonds is 10. The van der Waals surface area contributed by atoms with Crippen molar-refractivity contribution in [3.63, 3.8) is 0 Å². The summed E-state index contributed by atoms with van der Waals surface area (Å²) in [7, 11) is 0. The Labute approximate surface area is 334 Å². The van der Waals surface area contributed by atoms with Crippen LogP contribution in [0.3, 0.4) is 0 Å². The molecule has 16 heteroatoms. The van der Waals surface area contributed by atoms with Crippen LogP contribution in [0.4, 0.5) is 26.3 Å². The van der Waals surface area contributed by atoms with Crippen LogP contribution in [0.15, 0.2) is 60.7 Å². The SMILES string of the molecule is CCCCNC(=O)Cc1c(C)n(C(=O)c2cccc(F)c2)c2cc(F)c(O)c(F)c12.Cc1c(CC(=O)NC(C)C)c2c(F)c(O)c(F)cc2n1C(=O)c1cccc(F)c1. The van der Waals surface area contributed by atoms with E-state index in [2.05, 4.69) is 10.6 Å². The standard InChI is InChI=1S/C22H21F3N2O3.C21H19F3N2O3/c1-3-4-8-26-18(28)10-15-12(2)27(22(30)13-6-5-7-14(23)9-13)17-11-16(24)21(29)20(25)19(15)17;1-10(2)25-17(27)8-14-11(3)26(21(29)12-5-4-6-13(22)7-12)16-9-15(23)20(28)19(24)18(14)16/h5-7,9,11,29H,3-4,8,10H2,1-2H3,(H,26,28);4-7,9-10,28H,8H2,1-3H3,(H,25,27). The van der Waals surface area contributed by atoms with Gasteiger partial charge in [0, 0.05) is 58.0 Å². The van der Waals surface area contributed by atoms with Gasteiger partial charge in [-0.2, -0.15) is 0 Å². The predicted octanol–water partition coefficient (Wildman–Crippen LogP) is 8.05. The Bertz CT molecular complexity index is 2630. The molecule has 0 aliphatic rings. The van der Waals surface area contributed by atoms with Crippen molar-refractivity contribution in [2.45, 2.75) is 66.3 Å². The van der Waals surface area contributed by atoms with Crippen LogP contribution < -0.4 is 10.6 Å². The van der Waals surface area contributed by atoms with Crippen LogP contribution in [-0.2, 0) is 22.4 Å². The second-order valence-corrected chi connectivity index (χ2v) is 14.0. The van der Waals surface area contributed by atoms with Gasteiger partial charge in [-0.3, -0.25) is 28.3 Å². The minimum absolute atomic E-state index is 0.0251. The van der Waals surface area contributed by atoms with E-state index in [-0.39, 0.29) is 74.3 Å². The average Bonchev–Trinajstić information content (AvgIpc) is 3.60. The molecule has 6 aromatic rings. The zero-order valence-corrected chi connectivity index (χ0v) is 32.6. The molecule has 10 nitrogen and oxygen atoms in total. The summed E-state index contributed by atoms with van der Waals surface area (Å²) in [5.74, 6) is -10.9. The van der Waals surface area contributed by atoms with Crippen molar-refractivity contribution in [1.82, 2.24) is 19.8 Å². The molecule has 310 valence electrons. The highest BCUT2D eigenvalue weighted by Gasteiger charge is 2.29. The molecule has 0 unspecified atom stereocenters. The van der Waals surface area contributed by atoms with E-state index < -0.39 is 70.0 Å². The molecule has 0 spiro atoms. The number of benzene rings is 4. The number of amides is 2. The fourth-order valence-corrected chi connectivity index (χ4v) is 6.73. The molecule has 0 aliphatic carbocycles. The van der Waals surface area contributed by atoms with Crippen molar-refractivity contribution in [2.24, 2.45) is 0 Å². The van der Waals surface area contributed by atoms with Crippen LogP contribution in [0.1, 0.15) is 76.8 Å². The number of aromatic hydroxyl groups is 2. The Hall–Kier alpha value is -6.58. The van der Waals surface area contributed by atoms with Gasteiger partial charge in [0.1, 0.15) is 11.6 Å². The van der Waals surface area contributed by atoms with E-state index in [9.17, 15) is 55.7 Å². The summed E-state index contributed by atoms with van der Waals surface area (Å²) in [6, 6.07) is 11.3. The van der Waals surface area contributed by atoms with E-state index in [0.717, 1.165) is 52.3 Å². The molecule has 6 rings (SSSR count). The molecule has 0 atom stereocenters. The minimum atomic E-state index is -1.26. The summed E-state index contributed by atoms with van der Waals surface area (Å²) < 4.78 is 86.9. The molecule has 0 radical (unpaired) electrons. The molecule has 2 aromatic heterocycles. The van der Waals surface area contributed by atoms with Crippen molar-refractivity contribution >= 4 is 45.4 Å². The molecule has 0 bridgehead atoms. The zero-order chi connectivity index (χ0) is 43.5. The van der Waals surface area contributed by atoms with E-state index in [1.807, 2.05) is 6.92 Å². The van der Waals surface area contributed by atoms with Crippen LogP contribution in [-0.4, -0.2) is 55.6 Å². The maximum atomic E-state index is 14.8. The highest BCUT2D eigenvalue weighted by Crippen LogP contribution is 2.37. The number of nitrogens with one attached hydrogen (secondary N) is 2. The van der Waals surface area contributed by atoms with Crippen LogP contribution >= 0.6 is 0 Å². The number of carbonyl (C=O) groups is 4. The summed E-state index contributed by atoms with van der Waals surface area (Å²) >= 11 is 0. The summed E-state index contributed by atoms with van der Waals surface area (Å²) in [4.78, 5) is 50.6. The Balaban J connectivity index is 0.000000224. The lowest BCUT2D eigenvalue weighted by atomic mass is 10.1. The van der Waals surface area contributed by atoms with Crippen molar-refractivity contribution in [3.8, 4) is 11.5 Å². The Morgan fingerprint density at radius 1 is 0.661 bits per heavy atom. The molecule has 4 aromatic carbocycles. The number of unbranched alkanes of at least 4 members (excludes halogenated alkanes) is 1. The van der Waals surface area contributed by atoms with Crippen molar-refractivity contribution in [3.05, 3.63) is 129 Å². The molecule has 2 amide bonds. The summed E-state index contributed by atoms with van der Waals surface area (Å²) in [5, 5.41) is 24.4. The summed E-state index contributed by atoms with van der Waals surface area (Å²) in [6.07, 6.45) is 1.09. The smallest absolute Gasteiger partial charge is 0.262 e. The summed E-state index contributed by atoms with van der Waals surface area (Å²) in [5.41, 5.74) is 0.320. The third-order valence-corrected chi connectivity index (χ3v) is 9.50. The monoisotopic (exact) mass is 822 g/mol. The number of nitrogens with zero attached hydrogens (tertiary/aromatic N) is 2. The lowest BCUT2D eigenvalue weighted by Crippen LogP contribution is -2.31. The quantitative estimate of drug-likeness (QED) is 0.0814. The Kier molecular flexibility index (Phi) is 13.2. The van der Waals surface area contributed by atoms with E-state index in [1.165, 1.54) is 44.2 Å². The van der Waals surface area contributed by atoms with Gasteiger partial charge < -0.3 is 20.8 Å². The predicted molar refractivity (Wildman–Crippen MR) is 207 cm³/mol. The maximum absolute atomic E-state index is 14.8. The van der Waals surface area contributed by atoms with Gasteiger partial charge in [-0.05, 0) is 81.6 Å². The third-order valence-electron chi connectivity index (χ3n) is 9.50. The molecule has 0 saturated heterocycles. The topological polar surface area (TPSA) is 143 Å². The number of aromatic nitrogens is 2. The molecule has 59 heavy (non-hydrogen) atoms. The number of phenols is 2. The van der Waals surface area contributed by atoms with Gasteiger partial charge in [0.25, 0.3) is 11.8 Å². The molecule has 0 aliphatic heterocycles. The number of halogens is 6. The number of hydrogen-bond donors (Lipinski definition) is 4. The Morgan fingerprint density at radius 2 is 1.08 bits per heavy atom. The van der Waals surface area contributed by atoms with Crippen LogP contribution in [0.5, 0.6) is 11.5 Å². The van der Waals surface area contributed by atoms with Crippen LogP contribution in [0.2, 0.25) is 0 Å². The molecule has 0 saturated carbocycles. The summed E-state index contributed by atoms with van der Waals surface area (Å²) in [6.45, 7) is 8.88. The second-order valence-electron chi connectivity index (χ2n) is 14.0. The molecule has 4 N–H and O–H groups in total. The van der Waals surface area contributed by atoms with Gasteiger partial charge in [-0.25, -0.2) is 26.3 Å². The van der Waals surface area contributed by atoms with Gasteiger partial charge in [-0.15, -0.1) is 0 Å². The van der Waals surface area contributed by atoms with Crippen molar-refractivity contribution in [2.75, 3.05) is 6.54 Å². The largest absolute Gasteiger partial charge is 0.503 e. The lowest BCUT2D eigenvalue weighted by Gasteiger charge is -2.09. The van der Waals surface area contributed by atoms with E-state index in [1.54, 1.807) is 13.8 Å². The van der Waals surface area contributed by atoms with Gasteiger partial charge >= 0.3 is 0 Å². The van der Waals surface area contributed by atoms with Gasteiger partial charge in [-0.1, -0.05) is 25.5 Å². The van der Waals surface area contributed by atoms with Gasteiger partial charge in [0.15, 0.2) is 34.8 Å². The van der Waals surface area contributed by atoms with Crippen molar-refractivity contribution in [1.29, 1.82) is 0 Å². The number of carbonyl (C=O) groups excluding carboxylic acids is 4. The van der Waals surface area contributed by atoms with Gasteiger partial charge in [0.2, 0.25) is 11.8 Å². The highest BCUT2D eigenvalue weighted by molar-refractivity contribution is 6.06. The average molecular weight is 823 g/mol. The lowest BCUT2D eigenvalue weighted by molar-refractivity contribution is -0.121. The van der Waals surface area contributed by atoms with E-state index in [0.29, 0.717) is 6.54 Å². The maximum Gasteiger partial charge on any atom is 0.262 e. The third kappa shape index (κ3) is 8.96. The number of fused-ring (bicyclic) bond motifs is 2. The van der Waals surface area contributed by atoms with Gasteiger partial charge in [0.05, 0.1) is 23.9 Å². The molecule has 2 heterocycles. The molecule has 0 fully saturated rings. The van der Waals surface area contributed by atoms with Crippen LogP contribution in [0.25, 0.3) is 21.8 Å². The first-order chi connectivity index (χ1) is 27.9. The number of hydrogen-bond acceptors (Lipinski definition) is 6. The highest BCUT2D eigenvalue weighted by atomic mass is 19.2. The first kappa shape index (κ1) is 43.5. The van der Waals surface area contributed by atoms with Crippen LogP contribution in [0, 0.1) is 48.8 Å².